The van der Waals surface area contributed by atoms with Crippen LogP contribution in [-0.4, -0.2) is 20.3 Å². The number of nitrogens with one attached hydrogen (secondary N) is 1. The first kappa shape index (κ1) is 18.9. The molecule has 0 radical (unpaired) electrons. The number of rotatable bonds is 5. The first-order valence-electron chi connectivity index (χ1n) is 9.80. The molecule has 0 saturated carbocycles. The Kier molecular flexibility index (Phi) is 4.92. The van der Waals surface area contributed by atoms with Crippen LogP contribution in [0.4, 0.5) is 0 Å². The van der Waals surface area contributed by atoms with Gasteiger partial charge in [0.1, 0.15) is 11.6 Å². The molecule has 2 heterocycles. The summed E-state index contributed by atoms with van der Waals surface area (Å²) in [6, 6.07) is 15.3. The van der Waals surface area contributed by atoms with Gasteiger partial charge in [-0.25, -0.2) is 4.68 Å². The number of amides is 1. The topological polar surface area (TPSA) is 68.9 Å². The highest BCUT2D eigenvalue weighted by atomic mass is 16.2. The molecule has 0 spiro atoms. The van der Waals surface area contributed by atoms with E-state index in [4.69, 9.17) is 0 Å². The second kappa shape index (κ2) is 7.54. The molecular formula is C23H24N4O2. The molecule has 0 unspecified atom stereocenters. The quantitative estimate of drug-likeness (QED) is 0.569. The van der Waals surface area contributed by atoms with Gasteiger partial charge in [0.2, 0.25) is 5.91 Å². The van der Waals surface area contributed by atoms with Gasteiger partial charge in [-0.05, 0) is 30.5 Å². The van der Waals surface area contributed by atoms with Gasteiger partial charge < -0.3 is 9.88 Å². The molecule has 2 aromatic heterocycles. The molecule has 2 aromatic carbocycles. The van der Waals surface area contributed by atoms with Gasteiger partial charge in [-0.15, -0.1) is 0 Å². The number of carbonyl (C=O) groups excluding carboxylic acids is 1. The zero-order valence-electron chi connectivity index (χ0n) is 16.8. The summed E-state index contributed by atoms with van der Waals surface area (Å²) in [6.45, 7) is 4.45. The standard InChI is InChI=1S/C23H24N4O2/c1-4-19(22(28)24-13-16-10-6-5-9-15(16)2)27-20-12-8-7-11-17(20)18-14-25-26(3)23(29)21(18)27/h5-12,14,19H,4,13H2,1-3H3,(H,24,28)/t19-/m0/s1. The summed E-state index contributed by atoms with van der Waals surface area (Å²) >= 11 is 0. The molecule has 0 fully saturated rings. The first-order valence-corrected chi connectivity index (χ1v) is 9.80. The summed E-state index contributed by atoms with van der Waals surface area (Å²) in [5.41, 5.74) is 3.40. The van der Waals surface area contributed by atoms with Crippen molar-refractivity contribution in [2.75, 3.05) is 0 Å². The van der Waals surface area contributed by atoms with Gasteiger partial charge in [0.25, 0.3) is 5.56 Å². The smallest absolute Gasteiger partial charge is 0.291 e. The summed E-state index contributed by atoms with van der Waals surface area (Å²) in [5, 5.41) is 8.94. The van der Waals surface area contributed by atoms with E-state index in [2.05, 4.69) is 10.4 Å². The van der Waals surface area contributed by atoms with Crippen molar-refractivity contribution in [2.45, 2.75) is 32.9 Å². The SMILES string of the molecule is CC[C@@H](C(=O)NCc1ccccc1C)n1c2ccccc2c2cnn(C)c(=O)c21. The minimum absolute atomic E-state index is 0.0997. The molecule has 0 aliphatic heterocycles. The highest BCUT2D eigenvalue weighted by Crippen LogP contribution is 2.30. The fourth-order valence-electron chi connectivity index (χ4n) is 3.91. The number of para-hydroxylation sites is 1. The molecule has 4 aromatic rings. The molecule has 1 amide bonds. The molecule has 0 bridgehead atoms. The minimum atomic E-state index is -0.489. The average Bonchev–Trinajstić information content (AvgIpc) is 3.06. The Hall–Kier alpha value is -3.41. The highest BCUT2D eigenvalue weighted by molar-refractivity contribution is 6.08. The Morgan fingerprint density at radius 3 is 2.59 bits per heavy atom. The van der Waals surface area contributed by atoms with Gasteiger partial charge in [0, 0.05) is 24.4 Å². The van der Waals surface area contributed by atoms with E-state index in [1.165, 1.54) is 4.68 Å². The predicted molar refractivity (Wildman–Crippen MR) is 115 cm³/mol. The van der Waals surface area contributed by atoms with Gasteiger partial charge in [-0.2, -0.15) is 5.10 Å². The molecule has 0 aliphatic carbocycles. The summed E-state index contributed by atoms with van der Waals surface area (Å²) in [4.78, 5) is 26.1. The van der Waals surface area contributed by atoms with Crippen LogP contribution in [0.5, 0.6) is 0 Å². The molecule has 6 nitrogen and oxygen atoms in total. The highest BCUT2D eigenvalue weighted by Gasteiger charge is 2.25. The molecule has 0 saturated heterocycles. The van der Waals surface area contributed by atoms with Gasteiger partial charge >= 0.3 is 0 Å². The maximum Gasteiger partial charge on any atom is 0.291 e. The van der Waals surface area contributed by atoms with E-state index in [1.54, 1.807) is 13.2 Å². The Morgan fingerprint density at radius 1 is 1.10 bits per heavy atom. The van der Waals surface area contributed by atoms with Crippen LogP contribution in [-0.2, 0) is 18.4 Å². The number of fused-ring (bicyclic) bond motifs is 3. The van der Waals surface area contributed by atoms with Crippen molar-refractivity contribution in [1.82, 2.24) is 19.7 Å². The molecule has 6 heteroatoms. The third kappa shape index (κ3) is 3.20. The number of hydrogen-bond acceptors (Lipinski definition) is 3. The zero-order valence-corrected chi connectivity index (χ0v) is 16.8. The number of benzene rings is 2. The van der Waals surface area contributed by atoms with E-state index in [9.17, 15) is 9.59 Å². The summed E-state index contributed by atoms with van der Waals surface area (Å²) < 4.78 is 3.19. The van der Waals surface area contributed by atoms with E-state index < -0.39 is 6.04 Å². The van der Waals surface area contributed by atoms with Gasteiger partial charge in [-0.3, -0.25) is 9.59 Å². The lowest BCUT2D eigenvalue weighted by Crippen LogP contribution is -2.33. The number of nitrogens with zero attached hydrogens (tertiary/aromatic N) is 3. The van der Waals surface area contributed by atoms with Crippen molar-refractivity contribution in [1.29, 1.82) is 0 Å². The van der Waals surface area contributed by atoms with E-state index in [0.29, 0.717) is 18.5 Å². The average molecular weight is 388 g/mol. The van der Waals surface area contributed by atoms with Gasteiger partial charge in [0.05, 0.1) is 11.7 Å². The van der Waals surface area contributed by atoms with Crippen molar-refractivity contribution in [3.8, 4) is 0 Å². The third-order valence-electron chi connectivity index (χ3n) is 5.52. The van der Waals surface area contributed by atoms with Crippen LogP contribution in [0.2, 0.25) is 0 Å². The molecule has 1 atom stereocenters. The molecule has 0 aliphatic rings. The number of carbonyl (C=O) groups is 1. The Morgan fingerprint density at radius 2 is 1.83 bits per heavy atom. The molecule has 4 rings (SSSR count). The van der Waals surface area contributed by atoms with Crippen molar-refractivity contribution in [2.24, 2.45) is 7.05 Å². The van der Waals surface area contributed by atoms with E-state index >= 15 is 0 Å². The first-order chi connectivity index (χ1) is 14.0. The fourth-order valence-corrected chi connectivity index (χ4v) is 3.91. The van der Waals surface area contributed by atoms with Crippen LogP contribution in [0.3, 0.4) is 0 Å². The van der Waals surface area contributed by atoms with Crippen LogP contribution in [0.25, 0.3) is 21.8 Å². The number of hydrogen-bond donors (Lipinski definition) is 1. The summed E-state index contributed by atoms with van der Waals surface area (Å²) in [7, 11) is 1.63. The largest absolute Gasteiger partial charge is 0.350 e. The van der Waals surface area contributed by atoms with E-state index in [1.807, 2.05) is 66.9 Å². The van der Waals surface area contributed by atoms with Crippen LogP contribution < -0.4 is 10.9 Å². The van der Waals surface area contributed by atoms with Crippen LogP contribution in [0.15, 0.2) is 59.5 Å². The van der Waals surface area contributed by atoms with E-state index in [0.717, 1.165) is 27.4 Å². The predicted octanol–water partition coefficient (Wildman–Crippen LogP) is 3.46. The monoisotopic (exact) mass is 388 g/mol. The number of aryl methyl sites for hydroxylation is 2. The lowest BCUT2D eigenvalue weighted by molar-refractivity contribution is -0.124. The number of aromatic nitrogens is 3. The molecular weight excluding hydrogens is 364 g/mol. The molecule has 29 heavy (non-hydrogen) atoms. The minimum Gasteiger partial charge on any atom is -0.350 e. The van der Waals surface area contributed by atoms with Crippen LogP contribution >= 0.6 is 0 Å². The van der Waals surface area contributed by atoms with Crippen molar-refractivity contribution in [3.05, 3.63) is 76.2 Å². The third-order valence-corrected chi connectivity index (χ3v) is 5.52. The summed E-state index contributed by atoms with van der Waals surface area (Å²) in [6.07, 6.45) is 2.27. The second-order valence-corrected chi connectivity index (χ2v) is 7.29. The Labute approximate surface area is 168 Å². The van der Waals surface area contributed by atoms with Crippen molar-refractivity contribution in [3.63, 3.8) is 0 Å². The normalized spacial score (nSPS) is 12.4. The maximum atomic E-state index is 13.2. The van der Waals surface area contributed by atoms with Crippen LogP contribution in [0, 0.1) is 6.92 Å². The second-order valence-electron chi connectivity index (χ2n) is 7.29. The van der Waals surface area contributed by atoms with E-state index in [-0.39, 0.29) is 11.5 Å². The lowest BCUT2D eigenvalue weighted by Gasteiger charge is -2.19. The fraction of sp³-hybridized carbons (Fsp3) is 0.261. The summed E-state index contributed by atoms with van der Waals surface area (Å²) in [5.74, 6) is -0.0997. The molecule has 148 valence electrons. The van der Waals surface area contributed by atoms with Crippen molar-refractivity contribution >= 4 is 27.7 Å². The van der Waals surface area contributed by atoms with Crippen molar-refractivity contribution < 1.29 is 4.79 Å². The molecule has 1 N–H and O–H groups in total. The Balaban J connectivity index is 1.80. The van der Waals surface area contributed by atoms with Gasteiger partial charge in [0.15, 0.2) is 0 Å². The van der Waals surface area contributed by atoms with Gasteiger partial charge in [-0.1, -0.05) is 49.4 Å². The zero-order chi connectivity index (χ0) is 20.5. The lowest BCUT2D eigenvalue weighted by atomic mass is 10.1. The Bertz CT molecular complexity index is 1270. The maximum absolute atomic E-state index is 13.2. The van der Waals surface area contributed by atoms with Crippen LogP contribution in [0.1, 0.15) is 30.5 Å².